The molecule has 1 aromatic carbocycles. The van der Waals surface area contributed by atoms with Gasteiger partial charge in [-0.15, -0.1) is 0 Å². The molecule has 2 atom stereocenters. The van der Waals surface area contributed by atoms with Crippen LogP contribution in [-0.4, -0.2) is 47.3 Å². The van der Waals surface area contributed by atoms with Crippen molar-refractivity contribution in [3.63, 3.8) is 0 Å². The first-order chi connectivity index (χ1) is 13.5. The predicted molar refractivity (Wildman–Crippen MR) is 107 cm³/mol. The molecule has 28 heavy (non-hydrogen) atoms. The van der Waals surface area contributed by atoms with Crippen molar-refractivity contribution < 1.29 is 14.0 Å². The number of furan rings is 1. The van der Waals surface area contributed by atoms with E-state index in [0.717, 1.165) is 60.9 Å². The molecule has 2 amide bonds. The Labute approximate surface area is 165 Å². The fourth-order valence-electron chi connectivity index (χ4n) is 5.09. The highest BCUT2D eigenvalue weighted by Gasteiger charge is 2.41. The quantitative estimate of drug-likeness (QED) is 0.794. The summed E-state index contributed by atoms with van der Waals surface area (Å²) in [5.41, 5.74) is 2.86. The van der Waals surface area contributed by atoms with E-state index in [1.807, 2.05) is 28.9 Å². The van der Waals surface area contributed by atoms with E-state index in [1.54, 1.807) is 0 Å². The Morgan fingerprint density at radius 2 is 1.86 bits per heavy atom. The van der Waals surface area contributed by atoms with Gasteiger partial charge in [0.2, 0.25) is 5.91 Å². The summed E-state index contributed by atoms with van der Waals surface area (Å²) < 4.78 is 5.98. The van der Waals surface area contributed by atoms with E-state index in [0.29, 0.717) is 24.1 Å². The maximum Gasteiger partial charge on any atom is 0.290 e. The van der Waals surface area contributed by atoms with Crippen molar-refractivity contribution in [2.45, 2.75) is 52.0 Å². The number of nitrogens with zero attached hydrogens (tertiary/aromatic N) is 2. The SMILES string of the molecule is Cc1ccc2oc(C(=O)N3C[C@H]4CC[C@@H]3CN(C(=O)C3CCC3)C4)c(C)c2c1. The molecule has 3 saturated heterocycles. The summed E-state index contributed by atoms with van der Waals surface area (Å²) in [5, 5.41) is 1.02. The van der Waals surface area contributed by atoms with Gasteiger partial charge in [0.05, 0.1) is 0 Å². The predicted octanol–water partition coefficient (Wildman–Crippen LogP) is 3.91. The molecule has 0 unspecified atom stereocenters. The molecule has 1 saturated carbocycles. The molecule has 4 aliphatic rings. The summed E-state index contributed by atoms with van der Waals surface area (Å²) >= 11 is 0. The van der Waals surface area contributed by atoms with Gasteiger partial charge in [-0.05, 0) is 57.6 Å². The summed E-state index contributed by atoms with van der Waals surface area (Å²) in [7, 11) is 0. The van der Waals surface area contributed by atoms with E-state index >= 15 is 0 Å². The second-order valence-electron chi connectivity index (χ2n) is 8.98. The number of fused-ring (bicyclic) bond motifs is 5. The first kappa shape index (κ1) is 17.8. The lowest BCUT2D eigenvalue weighted by atomic mass is 9.84. The lowest BCUT2D eigenvalue weighted by Crippen LogP contribution is -2.48. The minimum Gasteiger partial charge on any atom is -0.451 e. The molecule has 0 N–H and O–H groups in total. The lowest BCUT2D eigenvalue weighted by molar-refractivity contribution is -0.138. The monoisotopic (exact) mass is 380 g/mol. The molecule has 3 aliphatic heterocycles. The van der Waals surface area contributed by atoms with Gasteiger partial charge in [0.1, 0.15) is 5.58 Å². The molecule has 5 nitrogen and oxygen atoms in total. The average molecular weight is 380 g/mol. The molecular weight excluding hydrogens is 352 g/mol. The number of hydrogen-bond acceptors (Lipinski definition) is 3. The number of piperidine rings is 1. The molecule has 1 aliphatic carbocycles. The van der Waals surface area contributed by atoms with E-state index in [9.17, 15) is 9.59 Å². The summed E-state index contributed by atoms with van der Waals surface area (Å²) in [6.45, 7) is 6.23. The number of hydrogen-bond donors (Lipinski definition) is 0. The Hall–Kier alpha value is -2.30. The minimum absolute atomic E-state index is 0.0148. The molecule has 0 spiro atoms. The zero-order valence-corrected chi connectivity index (χ0v) is 16.7. The van der Waals surface area contributed by atoms with Crippen molar-refractivity contribution in [1.82, 2.24) is 9.80 Å². The van der Waals surface area contributed by atoms with E-state index < -0.39 is 0 Å². The highest BCUT2D eigenvalue weighted by atomic mass is 16.3. The molecule has 5 heteroatoms. The van der Waals surface area contributed by atoms with Crippen LogP contribution >= 0.6 is 0 Å². The highest BCUT2D eigenvalue weighted by Crippen LogP contribution is 2.35. The standard InChI is InChI=1S/C23H28N2O3/c1-14-6-9-20-19(10-14)15(2)21(28-20)23(27)25-12-16-7-8-18(25)13-24(11-16)22(26)17-4-3-5-17/h6,9-10,16-18H,3-5,7-8,11-13H2,1-2H3/t16-,18+/m0/s1. The van der Waals surface area contributed by atoms with Crippen LogP contribution in [0.1, 0.15) is 53.8 Å². The van der Waals surface area contributed by atoms with Gasteiger partial charge in [0, 0.05) is 42.5 Å². The van der Waals surface area contributed by atoms with Crippen molar-refractivity contribution in [1.29, 1.82) is 0 Å². The van der Waals surface area contributed by atoms with Crippen molar-refractivity contribution in [3.05, 3.63) is 35.1 Å². The molecule has 4 fully saturated rings. The van der Waals surface area contributed by atoms with E-state index in [-0.39, 0.29) is 17.9 Å². The van der Waals surface area contributed by atoms with Crippen LogP contribution in [0.2, 0.25) is 0 Å². The van der Waals surface area contributed by atoms with Crippen molar-refractivity contribution in [2.75, 3.05) is 19.6 Å². The van der Waals surface area contributed by atoms with Crippen molar-refractivity contribution >= 4 is 22.8 Å². The van der Waals surface area contributed by atoms with E-state index in [1.165, 1.54) is 6.42 Å². The molecular formula is C23H28N2O3. The number of carbonyl (C=O) groups is 2. The number of rotatable bonds is 2. The minimum atomic E-state index is -0.0148. The lowest BCUT2D eigenvalue weighted by Gasteiger charge is -2.35. The second kappa shape index (κ2) is 6.64. The maximum atomic E-state index is 13.4. The van der Waals surface area contributed by atoms with Gasteiger partial charge >= 0.3 is 0 Å². The number of aryl methyl sites for hydroxylation is 2. The smallest absolute Gasteiger partial charge is 0.290 e. The summed E-state index contributed by atoms with van der Waals surface area (Å²) in [6.07, 6.45) is 5.31. The summed E-state index contributed by atoms with van der Waals surface area (Å²) in [4.78, 5) is 30.3. The van der Waals surface area contributed by atoms with Crippen LogP contribution in [0.25, 0.3) is 11.0 Å². The Balaban J connectivity index is 1.41. The zero-order valence-electron chi connectivity index (χ0n) is 16.7. The number of benzene rings is 1. The highest BCUT2D eigenvalue weighted by molar-refractivity contribution is 5.99. The third-order valence-electron chi connectivity index (χ3n) is 7.03. The molecule has 4 heterocycles. The Morgan fingerprint density at radius 1 is 1.04 bits per heavy atom. The van der Waals surface area contributed by atoms with E-state index in [2.05, 4.69) is 13.0 Å². The number of amides is 2. The van der Waals surface area contributed by atoms with Crippen molar-refractivity contribution in [3.8, 4) is 0 Å². The van der Waals surface area contributed by atoms with Gasteiger partial charge in [0.15, 0.2) is 5.76 Å². The van der Waals surface area contributed by atoms with Crippen LogP contribution in [0, 0.1) is 25.7 Å². The Kier molecular flexibility index (Phi) is 4.22. The third kappa shape index (κ3) is 2.83. The molecule has 2 aromatic rings. The molecule has 0 radical (unpaired) electrons. The first-order valence-electron chi connectivity index (χ1n) is 10.6. The fourth-order valence-corrected chi connectivity index (χ4v) is 5.09. The molecule has 1 aromatic heterocycles. The zero-order chi connectivity index (χ0) is 19.4. The van der Waals surface area contributed by atoms with Crippen LogP contribution in [0.15, 0.2) is 22.6 Å². The van der Waals surface area contributed by atoms with Crippen LogP contribution in [-0.2, 0) is 4.79 Å². The molecule has 148 valence electrons. The molecule has 6 rings (SSSR count). The fraction of sp³-hybridized carbons (Fsp3) is 0.565. The van der Waals surface area contributed by atoms with Crippen LogP contribution < -0.4 is 0 Å². The second-order valence-corrected chi connectivity index (χ2v) is 8.98. The van der Waals surface area contributed by atoms with Crippen LogP contribution in [0.4, 0.5) is 0 Å². The van der Waals surface area contributed by atoms with Gasteiger partial charge in [-0.2, -0.15) is 0 Å². The Bertz CT molecular complexity index is 943. The normalized spacial score (nSPS) is 25.1. The third-order valence-corrected chi connectivity index (χ3v) is 7.03. The van der Waals surface area contributed by atoms with Gasteiger partial charge in [0.25, 0.3) is 5.91 Å². The molecule has 2 bridgehead atoms. The van der Waals surface area contributed by atoms with Crippen LogP contribution in [0.3, 0.4) is 0 Å². The largest absolute Gasteiger partial charge is 0.451 e. The van der Waals surface area contributed by atoms with Gasteiger partial charge < -0.3 is 14.2 Å². The van der Waals surface area contributed by atoms with E-state index in [4.69, 9.17) is 4.42 Å². The van der Waals surface area contributed by atoms with Crippen LogP contribution in [0.5, 0.6) is 0 Å². The summed E-state index contributed by atoms with van der Waals surface area (Å²) in [6, 6.07) is 6.14. The van der Waals surface area contributed by atoms with Gasteiger partial charge in [-0.1, -0.05) is 18.1 Å². The first-order valence-corrected chi connectivity index (χ1v) is 10.6. The average Bonchev–Trinajstić information content (AvgIpc) is 2.80. The van der Waals surface area contributed by atoms with Crippen molar-refractivity contribution in [2.24, 2.45) is 11.8 Å². The maximum absolute atomic E-state index is 13.4. The summed E-state index contributed by atoms with van der Waals surface area (Å²) in [5.74, 6) is 1.36. The van der Waals surface area contributed by atoms with Gasteiger partial charge in [-0.25, -0.2) is 0 Å². The number of carbonyl (C=O) groups excluding carboxylic acids is 2. The van der Waals surface area contributed by atoms with Gasteiger partial charge in [-0.3, -0.25) is 9.59 Å². The topological polar surface area (TPSA) is 53.8 Å². The Morgan fingerprint density at radius 3 is 2.61 bits per heavy atom.